The fraction of sp³-hybridized carbons (Fsp3) is 0.455. The van der Waals surface area contributed by atoms with Crippen LogP contribution in [0.4, 0.5) is 13.2 Å². The number of rotatable bonds is 4. The largest absolute Gasteiger partial charge is 0.573 e. The van der Waals surface area contributed by atoms with Crippen LogP contribution < -0.4 is 4.74 Å². The average Bonchev–Trinajstić information content (AvgIpc) is 2.27. The molecule has 106 valence electrons. The first-order valence-electron chi connectivity index (χ1n) is 5.30. The SMILES string of the molecule is CCOC(=O)Cc1c(OC(F)(F)F)cnc(C)c1I. The van der Waals surface area contributed by atoms with Crippen LogP contribution in [0.15, 0.2) is 6.20 Å². The number of carbonyl (C=O) groups excluding carboxylic acids is 1. The molecule has 0 radical (unpaired) electrons. The molecule has 0 spiro atoms. The highest BCUT2D eigenvalue weighted by atomic mass is 127. The van der Waals surface area contributed by atoms with E-state index in [4.69, 9.17) is 4.74 Å². The molecule has 1 rings (SSSR count). The fourth-order valence-electron chi connectivity index (χ4n) is 1.35. The molecule has 0 aromatic carbocycles. The highest BCUT2D eigenvalue weighted by Gasteiger charge is 2.33. The first kappa shape index (κ1) is 16.0. The molecule has 1 aromatic rings. The number of carbonyl (C=O) groups is 1. The van der Waals surface area contributed by atoms with Gasteiger partial charge in [-0.1, -0.05) is 0 Å². The minimum atomic E-state index is -4.83. The predicted molar refractivity (Wildman–Crippen MR) is 68.7 cm³/mol. The summed E-state index contributed by atoms with van der Waals surface area (Å²) in [7, 11) is 0. The van der Waals surface area contributed by atoms with E-state index in [-0.39, 0.29) is 18.6 Å². The predicted octanol–water partition coefficient (Wildman–Crippen LogP) is 3.00. The van der Waals surface area contributed by atoms with Crippen LogP contribution in [0.2, 0.25) is 0 Å². The number of aryl methyl sites for hydroxylation is 1. The van der Waals surface area contributed by atoms with E-state index in [2.05, 4.69) is 9.72 Å². The van der Waals surface area contributed by atoms with Crippen molar-refractivity contribution in [2.24, 2.45) is 0 Å². The van der Waals surface area contributed by atoms with Crippen LogP contribution in [0.5, 0.6) is 5.75 Å². The van der Waals surface area contributed by atoms with Crippen molar-refractivity contribution in [2.75, 3.05) is 6.61 Å². The monoisotopic (exact) mass is 389 g/mol. The van der Waals surface area contributed by atoms with E-state index in [1.54, 1.807) is 13.8 Å². The number of hydrogen-bond acceptors (Lipinski definition) is 4. The second-order valence-corrected chi connectivity index (χ2v) is 4.61. The van der Waals surface area contributed by atoms with E-state index in [1.807, 2.05) is 22.6 Å². The molecule has 4 nitrogen and oxygen atoms in total. The number of alkyl halides is 3. The molecule has 0 bridgehead atoms. The molecule has 0 amide bonds. The van der Waals surface area contributed by atoms with Gasteiger partial charge in [-0.25, -0.2) is 0 Å². The number of nitrogens with zero attached hydrogens (tertiary/aromatic N) is 1. The summed E-state index contributed by atoms with van der Waals surface area (Å²) in [5.41, 5.74) is 0.651. The normalized spacial score (nSPS) is 11.3. The lowest BCUT2D eigenvalue weighted by Gasteiger charge is -2.15. The van der Waals surface area contributed by atoms with Gasteiger partial charge in [0.05, 0.1) is 24.9 Å². The van der Waals surface area contributed by atoms with Crippen LogP contribution in [-0.4, -0.2) is 23.9 Å². The van der Waals surface area contributed by atoms with Gasteiger partial charge in [-0.3, -0.25) is 9.78 Å². The molecule has 0 aliphatic rings. The highest BCUT2D eigenvalue weighted by molar-refractivity contribution is 14.1. The summed E-state index contributed by atoms with van der Waals surface area (Å²) in [6.45, 7) is 3.41. The topological polar surface area (TPSA) is 48.4 Å². The third-order valence-electron chi connectivity index (χ3n) is 2.11. The van der Waals surface area contributed by atoms with E-state index >= 15 is 0 Å². The van der Waals surface area contributed by atoms with Crippen LogP contribution in [-0.2, 0) is 16.0 Å². The van der Waals surface area contributed by atoms with Gasteiger partial charge in [0, 0.05) is 9.13 Å². The molecule has 0 unspecified atom stereocenters. The number of aromatic nitrogens is 1. The number of hydrogen-bond donors (Lipinski definition) is 0. The van der Waals surface area contributed by atoms with Gasteiger partial charge in [0.15, 0.2) is 5.75 Å². The lowest BCUT2D eigenvalue weighted by atomic mass is 10.1. The molecule has 0 atom stereocenters. The van der Waals surface area contributed by atoms with Gasteiger partial charge in [-0.2, -0.15) is 0 Å². The van der Waals surface area contributed by atoms with Gasteiger partial charge in [-0.05, 0) is 36.4 Å². The molecule has 0 aliphatic heterocycles. The minimum Gasteiger partial charge on any atom is -0.466 e. The zero-order valence-corrected chi connectivity index (χ0v) is 12.3. The van der Waals surface area contributed by atoms with Crippen LogP contribution in [0, 0.1) is 10.5 Å². The Morgan fingerprint density at radius 1 is 1.47 bits per heavy atom. The molecule has 0 saturated carbocycles. The van der Waals surface area contributed by atoms with Crippen molar-refractivity contribution in [1.29, 1.82) is 0 Å². The smallest absolute Gasteiger partial charge is 0.466 e. The van der Waals surface area contributed by atoms with Crippen molar-refractivity contribution >= 4 is 28.6 Å². The lowest BCUT2D eigenvalue weighted by molar-refractivity contribution is -0.275. The van der Waals surface area contributed by atoms with Crippen molar-refractivity contribution < 1.29 is 27.4 Å². The van der Waals surface area contributed by atoms with Gasteiger partial charge < -0.3 is 9.47 Å². The average molecular weight is 389 g/mol. The van der Waals surface area contributed by atoms with Crippen molar-refractivity contribution in [3.63, 3.8) is 0 Å². The van der Waals surface area contributed by atoms with Crippen molar-refractivity contribution in [3.8, 4) is 5.75 Å². The summed E-state index contributed by atoms with van der Waals surface area (Å²) in [4.78, 5) is 15.2. The van der Waals surface area contributed by atoms with E-state index in [0.29, 0.717) is 9.26 Å². The number of ether oxygens (including phenoxy) is 2. The van der Waals surface area contributed by atoms with Crippen LogP contribution in [0.3, 0.4) is 0 Å². The summed E-state index contributed by atoms with van der Waals surface area (Å²) in [6.07, 6.45) is -4.16. The molecule has 8 heteroatoms. The maximum absolute atomic E-state index is 12.3. The molecule has 0 aliphatic carbocycles. The Morgan fingerprint density at radius 3 is 2.63 bits per heavy atom. The maximum Gasteiger partial charge on any atom is 0.573 e. The van der Waals surface area contributed by atoms with E-state index in [1.165, 1.54) is 0 Å². The molecule has 0 N–H and O–H groups in total. The Balaban J connectivity index is 3.10. The van der Waals surface area contributed by atoms with Gasteiger partial charge in [0.2, 0.25) is 0 Å². The summed E-state index contributed by atoms with van der Waals surface area (Å²) >= 11 is 1.83. The van der Waals surface area contributed by atoms with Gasteiger partial charge >= 0.3 is 12.3 Å². The minimum absolute atomic E-state index is 0.129. The summed E-state index contributed by atoms with van der Waals surface area (Å²) < 4.78 is 45.9. The van der Waals surface area contributed by atoms with E-state index in [9.17, 15) is 18.0 Å². The second kappa shape index (κ2) is 6.40. The third-order valence-corrected chi connectivity index (χ3v) is 3.54. The number of pyridine rings is 1. The summed E-state index contributed by atoms with van der Waals surface area (Å²) in [5, 5.41) is 0. The van der Waals surface area contributed by atoms with Gasteiger partial charge in [0.25, 0.3) is 0 Å². The summed E-state index contributed by atoms with van der Waals surface area (Å²) in [6, 6.07) is 0. The fourth-order valence-corrected chi connectivity index (χ4v) is 1.95. The van der Waals surface area contributed by atoms with E-state index < -0.39 is 18.1 Å². The third kappa shape index (κ3) is 4.84. The maximum atomic E-state index is 12.3. The van der Waals surface area contributed by atoms with Gasteiger partial charge in [-0.15, -0.1) is 13.2 Å². The van der Waals surface area contributed by atoms with E-state index in [0.717, 1.165) is 6.20 Å². The standard InChI is InChI=1S/C11H11F3INO3/c1-3-18-9(17)4-7-8(19-11(12,13)14)5-16-6(2)10(7)15/h5H,3-4H2,1-2H3. The van der Waals surface area contributed by atoms with Crippen LogP contribution in [0.25, 0.3) is 0 Å². The highest BCUT2D eigenvalue weighted by Crippen LogP contribution is 2.30. The lowest BCUT2D eigenvalue weighted by Crippen LogP contribution is -2.20. The van der Waals surface area contributed by atoms with Crippen LogP contribution >= 0.6 is 22.6 Å². The number of halogens is 4. The first-order valence-corrected chi connectivity index (χ1v) is 6.37. The molecule has 1 aromatic heterocycles. The Morgan fingerprint density at radius 2 is 2.11 bits per heavy atom. The van der Waals surface area contributed by atoms with Crippen molar-refractivity contribution in [1.82, 2.24) is 4.98 Å². The second-order valence-electron chi connectivity index (χ2n) is 3.53. The number of esters is 1. The zero-order valence-electron chi connectivity index (χ0n) is 10.2. The molecule has 19 heavy (non-hydrogen) atoms. The molecule has 0 saturated heterocycles. The first-order chi connectivity index (χ1) is 8.74. The Hall–Kier alpha value is -1.06. The molecule has 1 heterocycles. The molecular formula is C11H11F3INO3. The Labute approximate surface area is 121 Å². The molecule has 0 fully saturated rings. The van der Waals surface area contributed by atoms with Crippen LogP contribution in [0.1, 0.15) is 18.2 Å². The van der Waals surface area contributed by atoms with Gasteiger partial charge in [0.1, 0.15) is 0 Å². The Kier molecular flexibility index (Phi) is 5.39. The van der Waals surface area contributed by atoms with Crippen molar-refractivity contribution in [2.45, 2.75) is 26.6 Å². The molecular weight excluding hydrogens is 378 g/mol. The summed E-state index contributed by atoms with van der Waals surface area (Å²) in [5.74, 6) is -1.09. The van der Waals surface area contributed by atoms with Crippen molar-refractivity contribution in [3.05, 3.63) is 21.0 Å². The zero-order chi connectivity index (χ0) is 14.6. The quantitative estimate of drug-likeness (QED) is 0.587. The Bertz CT molecular complexity index is 477.